The SMILES string of the molecule is C=CCOc1ccc(-c2cc(C(F)(F)F)c(C#N)c(SCC(=O)Nc3ccccc3)n2)cc1. The molecule has 0 aliphatic carbocycles. The average Bonchev–Trinajstić information content (AvgIpc) is 2.81. The van der Waals surface area contributed by atoms with Crippen LogP contribution in [0, 0.1) is 11.3 Å². The zero-order valence-corrected chi connectivity index (χ0v) is 18.0. The number of anilines is 1. The molecule has 0 saturated carbocycles. The van der Waals surface area contributed by atoms with Gasteiger partial charge in [0.2, 0.25) is 5.91 Å². The number of para-hydroxylation sites is 1. The highest BCUT2D eigenvalue weighted by Crippen LogP contribution is 2.38. The number of nitriles is 1. The fourth-order valence-electron chi connectivity index (χ4n) is 2.84. The van der Waals surface area contributed by atoms with Crippen LogP contribution in [0.15, 0.2) is 78.3 Å². The van der Waals surface area contributed by atoms with E-state index in [1.165, 1.54) is 0 Å². The Kier molecular flexibility index (Phi) is 7.74. The first-order valence-corrected chi connectivity index (χ1v) is 10.6. The molecule has 1 N–H and O–H groups in total. The predicted molar refractivity (Wildman–Crippen MR) is 121 cm³/mol. The number of carbonyl (C=O) groups is 1. The summed E-state index contributed by atoms with van der Waals surface area (Å²) in [7, 11) is 0. The molecule has 9 heteroatoms. The number of carbonyl (C=O) groups excluding carboxylic acids is 1. The van der Waals surface area contributed by atoms with Crippen LogP contribution in [0.4, 0.5) is 18.9 Å². The predicted octanol–water partition coefficient (Wildman–Crippen LogP) is 5.93. The van der Waals surface area contributed by atoms with Gasteiger partial charge in [0.05, 0.1) is 22.6 Å². The molecule has 2 aromatic carbocycles. The molecular weight excluding hydrogens is 451 g/mol. The average molecular weight is 469 g/mol. The van der Waals surface area contributed by atoms with Gasteiger partial charge in [-0.25, -0.2) is 4.98 Å². The van der Waals surface area contributed by atoms with Gasteiger partial charge in [0.25, 0.3) is 0 Å². The van der Waals surface area contributed by atoms with Crippen LogP contribution in [-0.2, 0) is 11.0 Å². The minimum absolute atomic E-state index is 0.0302. The van der Waals surface area contributed by atoms with Crippen LogP contribution in [0.3, 0.4) is 0 Å². The van der Waals surface area contributed by atoms with E-state index in [4.69, 9.17) is 4.74 Å². The Morgan fingerprint density at radius 2 is 1.88 bits per heavy atom. The zero-order valence-electron chi connectivity index (χ0n) is 17.2. The maximum absolute atomic E-state index is 13.7. The number of rotatable bonds is 8. The Morgan fingerprint density at radius 3 is 2.48 bits per heavy atom. The molecule has 168 valence electrons. The lowest BCUT2D eigenvalue weighted by atomic mass is 10.1. The molecule has 1 heterocycles. The standard InChI is InChI=1S/C24H18F3N3O2S/c1-2-12-32-18-10-8-16(9-11-18)21-13-20(24(25,26)27)19(14-28)23(30-21)33-15-22(31)29-17-6-4-3-5-7-17/h2-11,13H,1,12,15H2,(H,29,31). The molecule has 0 aliphatic heterocycles. The number of thioether (sulfide) groups is 1. The third-order valence-corrected chi connectivity index (χ3v) is 5.29. The van der Waals surface area contributed by atoms with Gasteiger partial charge in [0.1, 0.15) is 23.5 Å². The summed E-state index contributed by atoms with van der Waals surface area (Å²) in [6.45, 7) is 3.84. The highest BCUT2D eigenvalue weighted by atomic mass is 32.2. The van der Waals surface area contributed by atoms with E-state index in [1.54, 1.807) is 66.7 Å². The monoisotopic (exact) mass is 469 g/mol. The molecular formula is C24H18F3N3O2S. The van der Waals surface area contributed by atoms with Gasteiger partial charge >= 0.3 is 6.18 Å². The van der Waals surface area contributed by atoms with Crippen molar-refractivity contribution in [1.29, 1.82) is 5.26 Å². The summed E-state index contributed by atoms with van der Waals surface area (Å²) in [5.41, 5.74) is -0.725. The first-order valence-electron chi connectivity index (χ1n) is 9.66. The van der Waals surface area contributed by atoms with E-state index < -0.39 is 23.2 Å². The van der Waals surface area contributed by atoms with Gasteiger partial charge in [0.15, 0.2) is 0 Å². The Morgan fingerprint density at radius 1 is 1.18 bits per heavy atom. The van der Waals surface area contributed by atoms with Crippen molar-refractivity contribution < 1.29 is 22.7 Å². The number of benzene rings is 2. The van der Waals surface area contributed by atoms with Crippen molar-refractivity contribution >= 4 is 23.4 Å². The van der Waals surface area contributed by atoms with E-state index in [2.05, 4.69) is 16.9 Å². The molecule has 0 unspecified atom stereocenters. The smallest absolute Gasteiger partial charge is 0.417 e. The molecule has 0 radical (unpaired) electrons. The van der Waals surface area contributed by atoms with Crippen molar-refractivity contribution in [2.45, 2.75) is 11.2 Å². The zero-order chi connectivity index (χ0) is 23.8. The normalized spacial score (nSPS) is 10.8. The van der Waals surface area contributed by atoms with Crippen LogP contribution < -0.4 is 10.1 Å². The molecule has 3 rings (SSSR count). The topological polar surface area (TPSA) is 75.0 Å². The summed E-state index contributed by atoms with van der Waals surface area (Å²) >= 11 is 0.771. The summed E-state index contributed by atoms with van der Waals surface area (Å²) in [6.07, 6.45) is -3.19. The molecule has 0 atom stereocenters. The Hall–Kier alpha value is -3.77. The second-order valence-electron chi connectivity index (χ2n) is 6.67. The van der Waals surface area contributed by atoms with Crippen molar-refractivity contribution in [3.05, 3.63) is 84.4 Å². The first kappa shape index (κ1) is 23.9. The number of hydrogen-bond acceptors (Lipinski definition) is 5. The fraction of sp³-hybridized carbons (Fsp3) is 0.125. The minimum Gasteiger partial charge on any atom is -0.490 e. The fourth-order valence-corrected chi connectivity index (χ4v) is 3.64. The maximum Gasteiger partial charge on any atom is 0.417 e. The van der Waals surface area contributed by atoms with Gasteiger partial charge in [-0.15, -0.1) is 0 Å². The Bertz CT molecular complexity index is 1170. The van der Waals surface area contributed by atoms with Gasteiger partial charge in [0, 0.05) is 11.3 Å². The van der Waals surface area contributed by atoms with Gasteiger partial charge in [-0.05, 0) is 42.5 Å². The molecule has 0 bridgehead atoms. The molecule has 1 amide bonds. The Balaban J connectivity index is 1.90. The second kappa shape index (κ2) is 10.7. The van der Waals surface area contributed by atoms with Crippen LogP contribution in [0.25, 0.3) is 11.3 Å². The van der Waals surface area contributed by atoms with Crippen molar-refractivity contribution in [2.75, 3.05) is 17.7 Å². The minimum atomic E-state index is -4.77. The van der Waals surface area contributed by atoms with E-state index in [1.807, 2.05) is 0 Å². The first-order chi connectivity index (χ1) is 15.8. The summed E-state index contributed by atoms with van der Waals surface area (Å²) in [5, 5.41) is 11.9. The highest BCUT2D eigenvalue weighted by Gasteiger charge is 2.36. The van der Waals surface area contributed by atoms with Crippen molar-refractivity contribution in [3.63, 3.8) is 0 Å². The summed E-state index contributed by atoms with van der Waals surface area (Å²) < 4.78 is 46.5. The number of pyridine rings is 1. The quantitative estimate of drug-likeness (QED) is 0.327. The molecule has 0 aliphatic rings. The molecule has 5 nitrogen and oxygen atoms in total. The summed E-state index contributed by atoms with van der Waals surface area (Å²) in [6, 6.07) is 17.4. The lowest BCUT2D eigenvalue weighted by Crippen LogP contribution is -2.15. The third kappa shape index (κ3) is 6.37. The van der Waals surface area contributed by atoms with Gasteiger partial charge in [-0.3, -0.25) is 4.79 Å². The highest BCUT2D eigenvalue weighted by molar-refractivity contribution is 8.00. The third-order valence-electron chi connectivity index (χ3n) is 4.32. The maximum atomic E-state index is 13.7. The lowest BCUT2D eigenvalue weighted by molar-refractivity contribution is -0.138. The van der Waals surface area contributed by atoms with Crippen LogP contribution in [0.1, 0.15) is 11.1 Å². The summed E-state index contributed by atoms with van der Waals surface area (Å²) in [4.78, 5) is 16.5. The van der Waals surface area contributed by atoms with Crippen LogP contribution in [0.2, 0.25) is 0 Å². The number of amides is 1. The van der Waals surface area contributed by atoms with Crippen molar-refractivity contribution in [3.8, 4) is 23.1 Å². The molecule has 0 spiro atoms. The molecule has 0 fully saturated rings. The van der Waals surface area contributed by atoms with Crippen LogP contribution >= 0.6 is 11.8 Å². The number of ether oxygens (including phenoxy) is 1. The van der Waals surface area contributed by atoms with Crippen LogP contribution in [-0.4, -0.2) is 23.3 Å². The molecule has 33 heavy (non-hydrogen) atoms. The number of hydrogen-bond donors (Lipinski definition) is 1. The largest absolute Gasteiger partial charge is 0.490 e. The second-order valence-corrected chi connectivity index (χ2v) is 7.64. The van der Waals surface area contributed by atoms with E-state index in [-0.39, 0.29) is 16.5 Å². The van der Waals surface area contributed by atoms with E-state index in [9.17, 15) is 23.2 Å². The number of aromatic nitrogens is 1. The van der Waals surface area contributed by atoms with Crippen molar-refractivity contribution in [2.24, 2.45) is 0 Å². The number of nitrogens with zero attached hydrogens (tertiary/aromatic N) is 2. The van der Waals surface area contributed by atoms with Crippen LogP contribution in [0.5, 0.6) is 5.75 Å². The van der Waals surface area contributed by atoms with Gasteiger partial charge in [-0.2, -0.15) is 18.4 Å². The molecule has 0 saturated heterocycles. The number of halogens is 3. The van der Waals surface area contributed by atoms with Crippen molar-refractivity contribution in [1.82, 2.24) is 4.98 Å². The van der Waals surface area contributed by atoms with Gasteiger partial charge < -0.3 is 10.1 Å². The molecule has 3 aromatic rings. The van der Waals surface area contributed by atoms with E-state index >= 15 is 0 Å². The van der Waals surface area contributed by atoms with Gasteiger partial charge in [-0.1, -0.05) is 42.6 Å². The lowest BCUT2D eigenvalue weighted by Gasteiger charge is -2.14. The Labute approximate surface area is 192 Å². The number of nitrogens with one attached hydrogen (secondary N) is 1. The number of alkyl halides is 3. The molecule has 1 aromatic heterocycles. The summed E-state index contributed by atoms with van der Waals surface area (Å²) in [5.74, 6) is -0.124. The van der Waals surface area contributed by atoms with E-state index in [0.29, 0.717) is 23.6 Å². The van der Waals surface area contributed by atoms with E-state index in [0.717, 1.165) is 17.8 Å².